The largest absolute Gasteiger partial charge is 0.352 e. The average Bonchev–Trinajstić information content (AvgIpc) is 2.42. The van der Waals surface area contributed by atoms with E-state index in [9.17, 15) is 9.59 Å². The highest BCUT2D eigenvalue weighted by Crippen LogP contribution is 2.05. The summed E-state index contributed by atoms with van der Waals surface area (Å²) in [6.45, 7) is 8.61. The second kappa shape index (κ2) is 7.36. The van der Waals surface area contributed by atoms with Crippen molar-refractivity contribution in [2.45, 2.75) is 13.8 Å². The Balaban J connectivity index is 2.73. The number of hydrogen-bond donors (Lipinski definition) is 2. The van der Waals surface area contributed by atoms with Gasteiger partial charge in [0, 0.05) is 24.2 Å². The van der Waals surface area contributed by atoms with Crippen LogP contribution < -0.4 is 10.6 Å². The molecule has 19 heavy (non-hydrogen) atoms. The molecule has 0 aliphatic carbocycles. The van der Waals surface area contributed by atoms with Crippen LogP contribution in [0.3, 0.4) is 0 Å². The summed E-state index contributed by atoms with van der Waals surface area (Å²) >= 11 is 0. The molecule has 2 amide bonds. The predicted octanol–water partition coefficient (Wildman–Crippen LogP) is 1.99. The summed E-state index contributed by atoms with van der Waals surface area (Å²) < 4.78 is 0. The fraction of sp³-hybridized carbons (Fsp3) is 0.333. The molecule has 102 valence electrons. The van der Waals surface area contributed by atoms with E-state index in [1.165, 1.54) is 0 Å². The summed E-state index contributed by atoms with van der Waals surface area (Å²) in [5, 5.41) is 5.50. The first kappa shape index (κ1) is 15.0. The molecule has 0 spiro atoms. The Labute approximate surface area is 113 Å². The smallest absolute Gasteiger partial charge is 0.251 e. The molecular formula is C15H20N2O2. The SMILES string of the molecule is C=CCNC(=O)c1cccc(C(=O)NCC(C)C)c1. The van der Waals surface area contributed by atoms with Crippen LogP contribution in [-0.4, -0.2) is 24.9 Å². The Hall–Kier alpha value is -2.10. The second-order valence-corrected chi connectivity index (χ2v) is 4.68. The molecule has 1 aromatic rings. The summed E-state index contributed by atoms with van der Waals surface area (Å²) in [5.74, 6) is 0.0218. The van der Waals surface area contributed by atoms with E-state index in [0.717, 1.165) is 0 Å². The van der Waals surface area contributed by atoms with E-state index in [4.69, 9.17) is 0 Å². The lowest BCUT2D eigenvalue weighted by Gasteiger charge is -2.08. The number of nitrogens with one attached hydrogen (secondary N) is 2. The van der Waals surface area contributed by atoms with Crippen LogP contribution in [0, 0.1) is 5.92 Å². The van der Waals surface area contributed by atoms with E-state index < -0.39 is 0 Å². The fourth-order valence-corrected chi connectivity index (χ4v) is 1.47. The molecule has 2 N–H and O–H groups in total. The van der Waals surface area contributed by atoms with E-state index in [1.807, 2.05) is 13.8 Å². The van der Waals surface area contributed by atoms with Crippen molar-refractivity contribution in [2.75, 3.05) is 13.1 Å². The average molecular weight is 260 g/mol. The number of rotatable bonds is 6. The molecule has 4 nitrogen and oxygen atoms in total. The monoisotopic (exact) mass is 260 g/mol. The lowest BCUT2D eigenvalue weighted by Crippen LogP contribution is -2.28. The van der Waals surface area contributed by atoms with Gasteiger partial charge in [-0.05, 0) is 24.1 Å². The maximum Gasteiger partial charge on any atom is 0.251 e. The van der Waals surface area contributed by atoms with Gasteiger partial charge in [0.2, 0.25) is 0 Å². The zero-order chi connectivity index (χ0) is 14.3. The third kappa shape index (κ3) is 4.95. The summed E-state index contributed by atoms with van der Waals surface area (Å²) in [5.41, 5.74) is 0.964. The Morgan fingerprint density at radius 3 is 2.32 bits per heavy atom. The molecule has 0 saturated heterocycles. The van der Waals surface area contributed by atoms with Gasteiger partial charge in [-0.25, -0.2) is 0 Å². The van der Waals surface area contributed by atoms with E-state index in [-0.39, 0.29) is 11.8 Å². The summed E-state index contributed by atoms with van der Waals surface area (Å²) in [6, 6.07) is 6.67. The van der Waals surface area contributed by atoms with Crippen molar-refractivity contribution in [3.05, 3.63) is 48.0 Å². The van der Waals surface area contributed by atoms with Gasteiger partial charge in [0.25, 0.3) is 11.8 Å². The molecule has 0 radical (unpaired) electrons. The van der Waals surface area contributed by atoms with Crippen LogP contribution in [0.4, 0.5) is 0 Å². The number of carbonyl (C=O) groups is 2. The molecule has 0 unspecified atom stereocenters. The van der Waals surface area contributed by atoms with Crippen molar-refractivity contribution < 1.29 is 9.59 Å². The first-order valence-electron chi connectivity index (χ1n) is 6.32. The normalized spacial score (nSPS) is 10.1. The number of amides is 2. The Kier molecular flexibility index (Phi) is 5.79. The Morgan fingerprint density at radius 1 is 1.21 bits per heavy atom. The van der Waals surface area contributed by atoms with Crippen molar-refractivity contribution >= 4 is 11.8 Å². The van der Waals surface area contributed by atoms with Gasteiger partial charge in [0.15, 0.2) is 0 Å². The maximum atomic E-state index is 11.9. The van der Waals surface area contributed by atoms with Crippen molar-refractivity contribution in [3.63, 3.8) is 0 Å². The van der Waals surface area contributed by atoms with Crippen LogP contribution in [0.15, 0.2) is 36.9 Å². The molecule has 0 aromatic heterocycles. The minimum absolute atomic E-state index is 0.160. The van der Waals surface area contributed by atoms with Gasteiger partial charge in [-0.1, -0.05) is 26.0 Å². The van der Waals surface area contributed by atoms with E-state index in [1.54, 1.807) is 30.3 Å². The minimum Gasteiger partial charge on any atom is -0.352 e. The van der Waals surface area contributed by atoms with E-state index in [2.05, 4.69) is 17.2 Å². The number of carbonyl (C=O) groups excluding carboxylic acids is 2. The molecule has 0 bridgehead atoms. The van der Waals surface area contributed by atoms with Gasteiger partial charge in [-0.2, -0.15) is 0 Å². The molecule has 0 aliphatic rings. The van der Waals surface area contributed by atoms with Crippen molar-refractivity contribution in [2.24, 2.45) is 5.92 Å². The summed E-state index contributed by atoms with van der Waals surface area (Å²) in [7, 11) is 0. The predicted molar refractivity (Wildman–Crippen MR) is 76.1 cm³/mol. The molecule has 1 rings (SSSR count). The van der Waals surface area contributed by atoms with Gasteiger partial charge in [-0.3, -0.25) is 9.59 Å². The highest BCUT2D eigenvalue weighted by molar-refractivity contribution is 5.99. The third-order valence-electron chi connectivity index (χ3n) is 2.46. The van der Waals surface area contributed by atoms with Gasteiger partial charge < -0.3 is 10.6 Å². The van der Waals surface area contributed by atoms with Crippen molar-refractivity contribution in [1.29, 1.82) is 0 Å². The number of hydrogen-bond acceptors (Lipinski definition) is 2. The highest BCUT2D eigenvalue weighted by Gasteiger charge is 2.09. The lowest BCUT2D eigenvalue weighted by molar-refractivity contribution is 0.0949. The van der Waals surface area contributed by atoms with Gasteiger partial charge in [0.05, 0.1) is 0 Å². The molecular weight excluding hydrogens is 240 g/mol. The minimum atomic E-state index is -0.210. The van der Waals surface area contributed by atoms with Crippen LogP contribution in [0.5, 0.6) is 0 Å². The zero-order valence-electron chi connectivity index (χ0n) is 11.4. The van der Waals surface area contributed by atoms with E-state index >= 15 is 0 Å². The number of benzene rings is 1. The van der Waals surface area contributed by atoms with Crippen LogP contribution in [0.25, 0.3) is 0 Å². The topological polar surface area (TPSA) is 58.2 Å². The van der Waals surface area contributed by atoms with Gasteiger partial charge in [0.1, 0.15) is 0 Å². The first-order chi connectivity index (χ1) is 9.04. The molecule has 0 heterocycles. The third-order valence-corrected chi connectivity index (χ3v) is 2.46. The van der Waals surface area contributed by atoms with Crippen molar-refractivity contribution in [3.8, 4) is 0 Å². The Morgan fingerprint density at radius 2 is 1.79 bits per heavy atom. The zero-order valence-corrected chi connectivity index (χ0v) is 11.4. The standard InChI is InChI=1S/C15H20N2O2/c1-4-8-16-14(18)12-6-5-7-13(9-12)15(19)17-10-11(2)3/h4-7,9,11H,1,8,10H2,2-3H3,(H,16,18)(H,17,19). The van der Waals surface area contributed by atoms with Gasteiger partial charge in [-0.15, -0.1) is 6.58 Å². The van der Waals surface area contributed by atoms with Gasteiger partial charge >= 0.3 is 0 Å². The second-order valence-electron chi connectivity index (χ2n) is 4.68. The Bertz CT molecular complexity index is 467. The maximum absolute atomic E-state index is 11.9. The summed E-state index contributed by atoms with van der Waals surface area (Å²) in [4.78, 5) is 23.6. The van der Waals surface area contributed by atoms with E-state index in [0.29, 0.717) is 30.1 Å². The van der Waals surface area contributed by atoms with Crippen LogP contribution >= 0.6 is 0 Å². The van der Waals surface area contributed by atoms with Crippen LogP contribution in [0.1, 0.15) is 34.6 Å². The van der Waals surface area contributed by atoms with Crippen molar-refractivity contribution in [1.82, 2.24) is 10.6 Å². The fourth-order valence-electron chi connectivity index (χ4n) is 1.47. The molecule has 0 aliphatic heterocycles. The lowest BCUT2D eigenvalue weighted by atomic mass is 10.1. The molecule has 0 saturated carbocycles. The summed E-state index contributed by atoms with van der Waals surface area (Å²) in [6.07, 6.45) is 1.61. The van der Waals surface area contributed by atoms with Crippen LogP contribution in [-0.2, 0) is 0 Å². The van der Waals surface area contributed by atoms with Crippen LogP contribution in [0.2, 0.25) is 0 Å². The quantitative estimate of drug-likeness (QED) is 0.768. The molecule has 0 fully saturated rings. The molecule has 0 atom stereocenters. The molecule has 1 aromatic carbocycles. The highest BCUT2D eigenvalue weighted by atomic mass is 16.2. The molecule has 4 heteroatoms. The first-order valence-corrected chi connectivity index (χ1v) is 6.32.